The topological polar surface area (TPSA) is 57.7 Å². The highest BCUT2D eigenvalue weighted by Gasteiger charge is 2.32. The Hall–Kier alpha value is -2.96. The molecule has 5 rings (SSSR count). The molecule has 0 aliphatic carbocycles. The predicted octanol–water partition coefficient (Wildman–Crippen LogP) is 5.68. The lowest BCUT2D eigenvalue weighted by Crippen LogP contribution is -2.33. The Labute approximate surface area is 206 Å². The summed E-state index contributed by atoms with van der Waals surface area (Å²) in [5.41, 5.74) is 2.32. The van der Waals surface area contributed by atoms with Crippen molar-refractivity contribution in [2.24, 2.45) is 0 Å². The van der Waals surface area contributed by atoms with E-state index in [1.54, 1.807) is 59.5 Å². The van der Waals surface area contributed by atoms with Gasteiger partial charge in [0.2, 0.25) is 0 Å². The Morgan fingerprint density at radius 2 is 1.59 bits per heavy atom. The zero-order chi connectivity index (χ0) is 23.7. The van der Waals surface area contributed by atoms with Gasteiger partial charge in [-0.3, -0.25) is 9.59 Å². The van der Waals surface area contributed by atoms with Gasteiger partial charge in [-0.1, -0.05) is 48.7 Å². The fourth-order valence-electron chi connectivity index (χ4n) is 4.58. The van der Waals surface area contributed by atoms with E-state index in [0.29, 0.717) is 31.6 Å². The van der Waals surface area contributed by atoms with Gasteiger partial charge in [-0.25, -0.2) is 4.21 Å². The third-order valence-corrected chi connectivity index (χ3v) is 8.16. The van der Waals surface area contributed by atoms with E-state index in [1.807, 2.05) is 17.0 Å². The summed E-state index contributed by atoms with van der Waals surface area (Å²) >= 11 is 6.05. The number of likely N-dealkylation sites (tertiary alicyclic amines) is 1. The largest absolute Gasteiger partial charge is 0.339 e. The molecule has 0 bridgehead atoms. The molecule has 0 aromatic heterocycles. The average molecular weight is 493 g/mol. The van der Waals surface area contributed by atoms with Crippen molar-refractivity contribution in [2.45, 2.75) is 42.0 Å². The van der Waals surface area contributed by atoms with Crippen molar-refractivity contribution in [1.82, 2.24) is 4.90 Å². The van der Waals surface area contributed by atoms with Crippen LogP contribution in [0.3, 0.4) is 0 Å². The third kappa shape index (κ3) is 4.40. The first-order chi connectivity index (χ1) is 16.5. The van der Waals surface area contributed by atoms with Gasteiger partial charge < -0.3 is 9.80 Å². The summed E-state index contributed by atoms with van der Waals surface area (Å²) in [6.07, 6.45) is 4.26. The molecular formula is C27H25ClN2O3S. The molecule has 2 aliphatic heterocycles. The first-order valence-electron chi connectivity index (χ1n) is 11.5. The number of rotatable bonds is 3. The fourth-order valence-corrected chi connectivity index (χ4v) is 6.05. The minimum atomic E-state index is -1.55. The van der Waals surface area contributed by atoms with Gasteiger partial charge in [0.05, 0.1) is 38.4 Å². The second kappa shape index (κ2) is 9.72. The van der Waals surface area contributed by atoms with Crippen LogP contribution >= 0.6 is 11.6 Å². The maximum Gasteiger partial charge on any atom is 0.259 e. The van der Waals surface area contributed by atoms with Crippen molar-refractivity contribution in [3.05, 3.63) is 88.4 Å². The number of nitrogens with zero attached hydrogens (tertiary/aromatic N) is 2. The highest BCUT2D eigenvalue weighted by atomic mass is 35.5. The Balaban J connectivity index is 1.60. The molecule has 0 saturated carbocycles. The van der Waals surface area contributed by atoms with Crippen molar-refractivity contribution in [2.75, 3.05) is 18.0 Å². The molecule has 3 aromatic rings. The summed E-state index contributed by atoms with van der Waals surface area (Å²) in [5.74, 6) is -0.284. The maximum absolute atomic E-state index is 13.7. The van der Waals surface area contributed by atoms with Crippen molar-refractivity contribution < 1.29 is 13.8 Å². The van der Waals surface area contributed by atoms with E-state index < -0.39 is 10.8 Å². The lowest BCUT2D eigenvalue weighted by molar-refractivity contribution is 0.0761. The van der Waals surface area contributed by atoms with Crippen LogP contribution in [0.4, 0.5) is 5.69 Å². The van der Waals surface area contributed by atoms with Gasteiger partial charge in [0, 0.05) is 23.7 Å². The molecular weight excluding hydrogens is 468 g/mol. The Morgan fingerprint density at radius 3 is 2.32 bits per heavy atom. The van der Waals surface area contributed by atoms with Gasteiger partial charge in [-0.15, -0.1) is 0 Å². The molecule has 1 atom stereocenters. The van der Waals surface area contributed by atoms with E-state index in [0.717, 1.165) is 44.3 Å². The molecule has 3 aromatic carbocycles. The highest BCUT2D eigenvalue weighted by molar-refractivity contribution is 7.85. The monoisotopic (exact) mass is 492 g/mol. The normalized spacial score (nSPS) is 18.0. The van der Waals surface area contributed by atoms with Crippen LogP contribution in [0.25, 0.3) is 0 Å². The van der Waals surface area contributed by atoms with Crippen LogP contribution in [0, 0.1) is 0 Å². The van der Waals surface area contributed by atoms with Gasteiger partial charge in [-0.2, -0.15) is 0 Å². The number of amides is 2. The SMILES string of the molecule is O=C(c1ccc2c(c1)N(Cc1ccc(Cl)cc1)C(=O)c1ccccc1[S@]2=O)N1CCCCCC1. The van der Waals surface area contributed by atoms with Crippen molar-refractivity contribution in [3.63, 3.8) is 0 Å². The van der Waals surface area contributed by atoms with Crippen LogP contribution in [-0.2, 0) is 17.3 Å². The van der Waals surface area contributed by atoms with Crippen LogP contribution < -0.4 is 4.90 Å². The Bertz CT molecular complexity index is 1270. The number of halogens is 1. The number of carbonyl (C=O) groups excluding carboxylic acids is 2. The average Bonchev–Trinajstić information content (AvgIpc) is 3.19. The van der Waals surface area contributed by atoms with Crippen LogP contribution in [0.15, 0.2) is 76.5 Å². The van der Waals surface area contributed by atoms with Crippen molar-refractivity contribution in [1.29, 1.82) is 0 Å². The van der Waals surface area contributed by atoms with Crippen molar-refractivity contribution in [3.8, 4) is 0 Å². The molecule has 34 heavy (non-hydrogen) atoms. The summed E-state index contributed by atoms with van der Waals surface area (Å²) in [6, 6.07) is 19.5. The lowest BCUT2D eigenvalue weighted by atomic mass is 10.1. The molecule has 0 N–H and O–H groups in total. The fraction of sp³-hybridized carbons (Fsp3) is 0.259. The number of fused-ring (bicyclic) bond motifs is 2. The van der Waals surface area contributed by atoms with Gasteiger partial charge in [-0.05, 0) is 60.9 Å². The van der Waals surface area contributed by atoms with E-state index in [1.165, 1.54) is 0 Å². The van der Waals surface area contributed by atoms with Crippen LogP contribution in [-0.4, -0.2) is 34.0 Å². The van der Waals surface area contributed by atoms with Gasteiger partial charge >= 0.3 is 0 Å². The van der Waals surface area contributed by atoms with Crippen LogP contribution in [0.5, 0.6) is 0 Å². The lowest BCUT2D eigenvalue weighted by Gasteiger charge is -2.25. The molecule has 2 amide bonds. The first-order valence-corrected chi connectivity index (χ1v) is 13.1. The van der Waals surface area contributed by atoms with Crippen LogP contribution in [0.2, 0.25) is 5.02 Å². The molecule has 1 saturated heterocycles. The summed E-state index contributed by atoms with van der Waals surface area (Å²) < 4.78 is 13.6. The molecule has 1 fully saturated rings. The molecule has 2 aliphatic rings. The molecule has 0 spiro atoms. The molecule has 5 nitrogen and oxygen atoms in total. The summed E-state index contributed by atoms with van der Waals surface area (Å²) in [4.78, 5) is 31.6. The van der Waals surface area contributed by atoms with Crippen LogP contribution in [0.1, 0.15) is 52.0 Å². The minimum absolute atomic E-state index is 0.0452. The third-order valence-electron chi connectivity index (χ3n) is 6.41. The van der Waals surface area contributed by atoms with E-state index in [2.05, 4.69) is 0 Å². The standard InChI is InChI=1S/C27H25ClN2O3S/c28-21-12-9-19(10-13-21)18-30-23-17-20(26(31)29-15-5-1-2-6-16-29)11-14-25(23)34(33)24-8-4-3-7-22(24)27(30)32/h3-4,7-14,17H,1-2,5-6,15-16,18H2/t34-/m1/s1. The zero-order valence-electron chi connectivity index (χ0n) is 18.7. The predicted molar refractivity (Wildman–Crippen MR) is 134 cm³/mol. The van der Waals surface area contributed by atoms with E-state index in [4.69, 9.17) is 11.6 Å². The second-order valence-electron chi connectivity index (χ2n) is 8.67. The zero-order valence-corrected chi connectivity index (χ0v) is 20.3. The summed E-state index contributed by atoms with van der Waals surface area (Å²) in [6.45, 7) is 1.75. The molecule has 174 valence electrons. The van der Waals surface area contributed by atoms with E-state index in [9.17, 15) is 13.8 Å². The number of benzene rings is 3. The quantitative estimate of drug-likeness (QED) is 0.472. The number of anilines is 1. The number of carbonyl (C=O) groups is 2. The number of hydrogen-bond acceptors (Lipinski definition) is 3. The van der Waals surface area contributed by atoms with E-state index >= 15 is 0 Å². The first kappa shape index (κ1) is 22.8. The Morgan fingerprint density at radius 1 is 0.882 bits per heavy atom. The van der Waals surface area contributed by atoms with Gasteiger partial charge in [0.25, 0.3) is 11.8 Å². The minimum Gasteiger partial charge on any atom is -0.339 e. The van der Waals surface area contributed by atoms with Gasteiger partial charge in [0.1, 0.15) is 0 Å². The maximum atomic E-state index is 13.7. The summed E-state index contributed by atoms with van der Waals surface area (Å²) in [7, 11) is -1.55. The Kier molecular flexibility index (Phi) is 6.53. The summed E-state index contributed by atoms with van der Waals surface area (Å²) in [5, 5.41) is 0.614. The number of hydrogen-bond donors (Lipinski definition) is 0. The van der Waals surface area contributed by atoms with Gasteiger partial charge in [0.15, 0.2) is 0 Å². The van der Waals surface area contributed by atoms with E-state index in [-0.39, 0.29) is 18.4 Å². The molecule has 0 radical (unpaired) electrons. The smallest absolute Gasteiger partial charge is 0.259 e. The molecule has 2 heterocycles. The highest BCUT2D eigenvalue weighted by Crippen LogP contribution is 2.36. The second-order valence-corrected chi connectivity index (χ2v) is 10.5. The molecule has 7 heteroatoms. The van der Waals surface area contributed by atoms with Crippen molar-refractivity contribution >= 4 is 39.9 Å². The molecule has 0 unspecified atom stereocenters.